The van der Waals surface area contributed by atoms with Gasteiger partial charge in [-0.15, -0.1) is 0 Å². The van der Waals surface area contributed by atoms with Gasteiger partial charge in [-0.3, -0.25) is 9.55 Å². The van der Waals surface area contributed by atoms with Gasteiger partial charge in [-0.1, -0.05) is 19.1 Å². The van der Waals surface area contributed by atoms with Gasteiger partial charge >= 0.3 is 0 Å². The highest BCUT2D eigenvalue weighted by Gasteiger charge is 2.31. The van der Waals surface area contributed by atoms with Crippen LogP contribution in [-0.4, -0.2) is 31.5 Å². The van der Waals surface area contributed by atoms with E-state index in [0.717, 1.165) is 17.8 Å². The quantitative estimate of drug-likeness (QED) is 0.619. The average Bonchev–Trinajstić information content (AvgIpc) is 3.06. The molecule has 0 unspecified atom stereocenters. The molecule has 1 aromatic carbocycles. The normalized spacial score (nSPS) is 14.1. The Labute approximate surface area is 175 Å². The second kappa shape index (κ2) is 7.42. The molecule has 0 N–H and O–H groups in total. The van der Waals surface area contributed by atoms with Crippen LogP contribution in [0.15, 0.2) is 49.0 Å². The van der Waals surface area contributed by atoms with Crippen molar-refractivity contribution in [2.75, 3.05) is 6.54 Å². The molecule has 0 fully saturated rings. The Morgan fingerprint density at radius 2 is 2.03 bits per heavy atom. The van der Waals surface area contributed by atoms with Gasteiger partial charge in [-0.05, 0) is 51.0 Å². The molecule has 0 radical (unpaired) electrons. The van der Waals surface area contributed by atoms with Gasteiger partial charge in [0.2, 0.25) is 0 Å². The molecule has 0 bridgehead atoms. The predicted molar refractivity (Wildman–Crippen MR) is 116 cm³/mol. The van der Waals surface area contributed by atoms with E-state index in [0.29, 0.717) is 34.4 Å². The maximum atomic E-state index is 14.7. The van der Waals surface area contributed by atoms with Gasteiger partial charge < -0.3 is 4.90 Å². The summed E-state index contributed by atoms with van der Waals surface area (Å²) in [6.45, 7) is 9.04. The predicted octanol–water partition coefficient (Wildman–Crippen LogP) is 5.00. The summed E-state index contributed by atoms with van der Waals surface area (Å²) in [5.41, 5.74) is 3.23. The molecule has 0 saturated carbocycles. The highest BCUT2D eigenvalue weighted by molar-refractivity contribution is 5.95. The second-order valence-electron chi connectivity index (χ2n) is 8.31. The van der Waals surface area contributed by atoms with E-state index in [9.17, 15) is 9.65 Å². The third-order valence-corrected chi connectivity index (χ3v) is 5.43. The van der Waals surface area contributed by atoms with Crippen molar-refractivity contribution in [3.05, 3.63) is 71.6 Å². The highest BCUT2D eigenvalue weighted by Crippen LogP contribution is 2.38. The number of nitriles is 1. The third kappa shape index (κ3) is 3.17. The maximum absolute atomic E-state index is 14.7. The van der Waals surface area contributed by atoms with Crippen LogP contribution in [0.5, 0.6) is 0 Å². The SMILES string of the molecule is CCc1cc2c(cc1F)c(C#N)c(C1=CC=CCN1C(C)(C)C)n2-c1cnccn1. The van der Waals surface area contributed by atoms with E-state index >= 15 is 0 Å². The first-order chi connectivity index (χ1) is 14.4. The molecule has 4 rings (SSSR count). The van der Waals surface area contributed by atoms with Crippen LogP contribution in [0, 0.1) is 17.1 Å². The smallest absolute Gasteiger partial charge is 0.156 e. The molecule has 1 aliphatic rings. The molecule has 5 nitrogen and oxygen atoms in total. The van der Waals surface area contributed by atoms with Gasteiger partial charge in [0.25, 0.3) is 0 Å². The van der Waals surface area contributed by atoms with Crippen molar-refractivity contribution in [1.29, 1.82) is 5.26 Å². The van der Waals surface area contributed by atoms with E-state index in [1.165, 1.54) is 6.07 Å². The van der Waals surface area contributed by atoms with Crippen LogP contribution in [0.25, 0.3) is 22.4 Å². The Morgan fingerprint density at radius 1 is 1.23 bits per heavy atom. The van der Waals surface area contributed by atoms with E-state index in [2.05, 4.69) is 47.8 Å². The maximum Gasteiger partial charge on any atom is 0.156 e. The van der Waals surface area contributed by atoms with Crippen LogP contribution in [0.1, 0.15) is 44.5 Å². The fraction of sp³-hybridized carbons (Fsp3) is 0.292. The minimum atomic E-state index is -0.297. The molecule has 152 valence electrons. The fourth-order valence-corrected chi connectivity index (χ4v) is 3.98. The molecule has 3 heterocycles. The molecule has 2 aromatic heterocycles. The number of nitrogens with zero attached hydrogens (tertiary/aromatic N) is 5. The van der Waals surface area contributed by atoms with E-state index in [1.807, 2.05) is 29.7 Å². The number of rotatable bonds is 3. The standard InChI is InChI=1S/C24H24FN5/c1-5-16-12-21-17(13-19(16)25)18(14-26)23(30(21)22-15-27-9-10-28-22)20-8-6-7-11-29(20)24(2,3)4/h6-10,12-13,15H,5,11H2,1-4H3. The summed E-state index contributed by atoms with van der Waals surface area (Å²) in [5.74, 6) is 0.298. The lowest BCUT2D eigenvalue weighted by atomic mass is 10.00. The molecular formula is C24H24FN5. The van der Waals surface area contributed by atoms with E-state index in [1.54, 1.807) is 18.6 Å². The number of halogens is 1. The van der Waals surface area contributed by atoms with Gasteiger partial charge in [0, 0.05) is 29.9 Å². The zero-order chi connectivity index (χ0) is 21.5. The first-order valence-electron chi connectivity index (χ1n) is 10.0. The summed E-state index contributed by atoms with van der Waals surface area (Å²) in [5, 5.41) is 10.7. The van der Waals surface area contributed by atoms with Crippen LogP contribution in [0.4, 0.5) is 4.39 Å². The van der Waals surface area contributed by atoms with Crippen LogP contribution in [0.3, 0.4) is 0 Å². The topological polar surface area (TPSA) is 57.7 Å². The minimum Gasteiger partial charge on any atom is -0.361 e. The summed E-state index contributed by atoms with van der Waals surface area (Å²) in [4.78, 5) is 11.0. The molecule has 6 heteroatoms. The fourth-order valence-electron chi connectivity index (χ4n) is 3.98. The van der Waals surface area contributed by atoms with E-state index in [-0.39, 0.29) is 11.4 Å². The van der Waals surface area contributed by atoms with Crippen LogP contribution >= 0.6 is 0 Å². The molecule has 3 aromatic rings. The van der Waals surface area contributed by atoms with Crippen LogP contribution in [-0.2, 0) is 6.42 Å². The summed E-state index contributed by atoms with van der Waals surface area (Å²) in [6, 6.07) is 5.64. The summed E-state index contributed by atoms with van der Waals surface area (Å²) < 4.78 is 16.6. The van der Waals surface area contributed by atoms with Crippen molar-refractivity contribution in [2.24, 2.45) is 0 Å². The van der Waals surface area contributed by atoms with E-state index in [4.69, 9.17) is 0 Å². The third-order valence-electron chi connectivity index (χ3n) is 5.43. The van der Waals surface area contributed by atoms with E-state index < -0.39 is 0 Å². The molecule has 0 saturated heterocycles. The van der Waals surface area contributed by atoms with Crippen molar-refractivity contribution >= 4 is 16.6 Å². The van der Waals surface area contributed by atoms with Gasteiger partial charge in [0.1, 0.15) is 11.9 Å². The largest absolute Gasteiger partial charge is 0.361 e. The number of hydrogen-bond acceptors (Lipinski definition) is 4. The van der Waals surface area contributed by atoms with Crippen molar-refractivity contribution in [2.45, 2.75) is 39.7 Å². The number of hydrogen-bond donors (Lipinski definition) is 0. The Morgan fingerprint density at radius 3 is 2.67 bits per heavy atom. The lowest BCUT2D eigenvalue weighted by Gasteiger charge is -2.40. The van der Waals surface area contributed by atoms with Gasteiger partial charge in [-0.2, -0.15) is 5.26 Å². The Kier molecular flexibility index (Phi) is 4.90. The summed E-state index contributed by atoms with van der Waals surface area (Å²) >= 11 is 0. The van der Waals surface area contributed by atoms with Crippen molar-refractivity contribution in [3.8, 4) is 11.9 Å². The van der Waals surface area contributed by atoms with Crippen molar-refractivity contribution in [3.63, 3.8) is 0 Å². The van der Waals surface area contributed by atoms with Crippen molar-refractivity contribution < 1.29 is 4.39 Å². The van der Waals surface area contributed by atoms with Crippen LogP contribution in [0.2, 0.25) is 0 Å². The molecule has 0 atom stereocenters. The molecular weight excluding hydrogens is 377 g/mol. The number of allylic oxidation sites excluding steroid dienone is 2. The lowest BCUT2D eigenvalue weighted by molar-refractivity contribution is 0.239. The van der Waals surface area contributed by atoms with Crippen molar-refractivity contribution in [1.82, 2.24) is 19.4 Å². The molecule has 0 amide bonds. The van der Waals surface area contributed by atoms with Gasteiger partial charge in [0.15, 0.2) is 5.82 Å². The minimum absolute atomic E-state index is 0.174. The highest BCUT2D eigenvalue weighted by atomic mass is 19.1. The monoisotopic (exact) mass is 401 g/mol. The Balaban J connectivity index is 2.15. The Hall–Kier alpha value is -3.46. The summed E-state index contributed by atoms with van der Waals surface area (Å²) in [6.07, 6.45) is 11.6. The Bertz CT molecular complexity index is 1210. The van der Waals surface area contributed by atoms with Gasteiger partial charge in [0.05, 0.1) is 28.7 Å². The molecule has 30 heavy (non-hydrogen) atoms. The van der Waals surface area contributed by atoms with Crippen LogP contribution < -0.4 is 0 Å². The lowest BCUT2D eigenvalue weighted by Crippen LogP contribution is -2.41. The second-order valence-corrected chi connectivity index (χ2v) is 8.31. The number of aryl methyl sites for hydroxylation is 1. The molecule has 0 aliphatic carbocycles. The molecule has 0 spiro atoms. The zero-order valence-corrected chi connectivity index (χ0v) is 17.6. The number of fused-ring (bicyclic) bond motifs is 1. The first kappa shape index (κ1) is 19.8. The van der Waals surface area contributed by atoms with Gasteiger partial charge in [-0.25, -0.2) is 9.37 Å². The first-order valence-corrected chi connectivity index (χ1v) is 10.0. The number of benzene rings is 1. The molecule has 1 aliphatic heterocycles. The average molecular weight is 401 g/mol. The zero-order valence-electron chi connectivity index (χ0n) is 17.6. The summed E-state index contributed by atoms with van der Waals surface area (Å²) in [7, 11) is 0. The number of aromatic nitrogens is 3.